The Morgan fingerprint density at radius 3 is 2.50 bits per heavy atom. The second kappa shape index (κ2) is 12.8. The first-order valence-corrected chi connectivity index (χ1v) is 13.9. The highest BCUT2D eigenvalue weighted by Gasteiger charge is 2.32. The van der Waals surface area contributed by atoms with Crippen LogP contribution in [-0.2, 0) is 21.2 Å². The molecule has 0 bridgehead atoms. The Kier molecular flexibility index (Phi) is 9.77. The largest absolute Gasteiger partial charge is 0.494 e. The molecular weight excluding hydrogens is 528 g/mol. The normalized spacial score (nSPS) is 12.0. The molecule has 3 aromatic carbocycles. The van der Waals surface area contributed by atoms with E-state index in [0.29, 0.717) is 24.5 Å². The molecule has 1 atom stereocenters. The molecule has 1 unspecified atom stereocenters. The van der Waals surface area contributed by atoms with Gasteiger partial charge in [-0.2, -0.15) is 0 Å². The molecule has 0 aliphatic heterocycles. The highest BCUT2D eigenvalue weighted by Crippen LogP contribution is 2.34. The van der Waals surface area contributed by atoms with Gasteiger partial charge in [0.25, 0.3) is 10.0 Å². The number of carboxylic acid groups (broad SMARTS) is 1. The van der Waals surface area contributed by atoms with E-state index in [4.69, 9.17) is 26.5 Å². The molecule has 0 aliphatic carbocycles. The van der Waals surface area contributed by atoms with E-state index < -0.39 is 28.5 Å². The number of hydrogen-bond acceptors (Lipinski definition) is 6. The van der Waals surface area contributed by atoms with Gasteiger partial charge in [-0.25, -0.2) is 8.42 Å². The number of carboxylic acids is 1. The minimum atomic E-state index is -4.20. The highest BCUT2D eigenvalue weighted by molar-refractivity contribution is 7.93. The molecule has 202 valence electrons. The summed E-state index contributed by atoms with van der Waals surface area (Å²) in [4.78, 5) is 11.4. The van der Waals surface area contributed by atoms with E-state index in [1.165, 1.54) is 25.3 Å². The highest BCUT2D eigenvalue weighted by atomic mass is 35.5. The van der Waals surface area contributed by atoms with Crippen LogP contribution in [0.5, 0.6) is 11.5 Å². The summed E-state index contributed by atoms with van der Waals surface area (Å²) in [5.74, 6) is -0.00291. The van der Waals surface area contributed by atoms with E-state index in [1.807, 2.05) is 19.1 Å². The van der Waals surface area contributed by atoms with Crippen LogP contribution in [0.25, 0.3) is 0 Å². The van der Waals surface area contributed by atoms with Gasteiger partial charge in [0.1, 0.15) is 16.4 Å². The first kappa shape index (κ1) is 29.0. The number of ether oxygens (including phenoxy) is 2. The maximum absolute atomic E-state index is 13.7. The molecule has 0 amide bonds. The van der Waals surface area contributed by atoms with Gasteiger partial charge in [-0.15, -0.1) is 0 Å². The summed E-state index contributed by atoms with van der Waals surface area (Å²) in [6.45, 7) is 6.04. The molecular formula is C28H31ClN2O6S. The smallest absolute Gasteiger partial charge is 0.305 e. The molecule has 0 fully saturated rings. The number of sulfonamides is 1. The quantitative estimate of drug-likeness (QED) is 0.259. The van der Waals surface area contributed by atoms with Crippen LogP contribution in [0.1, 0.15) is 37.0 Å². The van der Waals surface area contributed by atoms with Crippen molar-refractivity contribution in [3.63, 3.8) is 0 Å². The van der Waals surface area contributed by atoms with Crippen molar-refractivity contribution in [2.75, 3.05) is 17.5 Å². The molecule has 0 aliphatic rings. The lowest BCUT2D eigenvalue weighted by Gasteiger charge is -2.30. The number of benzene rings is 3. The van der Waals surface area contributed by atoms with Crippen LogP contribution in [0.15, 0.2) is 65.6 Å². The lowest BCUT2D eigenvalue weighted by molar-refractivity contribution is -0.137. The number of anilines is 1. The first-order chi connectivity index (χ1) is 18.1. The monoisotopic (exact) mass is 558 g/mol. The number of nitrogens with zero attached hydrogens (tertiary/aromatic N) is 1. The first-order valence-electron chi connectivity index (χ1n) is 12.1. The Hall–Kier alpha value is -3.56. The van der Waals surface area contributed by atoms with Crippen molar-refractivity contribution in [2.45, 2.75) is 44.6 Å². The summed E-state index contributed by atoms with van der Waals surface area (Å²) in [7, 11) is -4.20. The van der Waals surface area contributed by atoms with Gasteiger partial charge in [0.15, 0.2) is 0 Å². The number of hydrogen-bond donors (Lipinski definition) is 2. The summed E-state index contributed by atoms with van der Waals surface area (Å²) < 4.78 is 40.0. The van der Waals surface area contributed by atoms with Gasteiger partial charge in [0.2, 0.25) is 0 Å². The van der Waals surface area contributed by atoms with Gasteiger partial charge < -0.3 is 20.0 Å². The Balaban J connectivity index is 1.91. The van der Waals surface area contributed by atoms with Crippen LogP contribution in [0.2, 0.25) is 5.02 Å². The third-order valence-corrected chi connectivity index (χ3v) is 8.20. The Morgan fingerprint density at radius 1 is 1.11 bits per heavy atom. The molecule has 38 heavy (non-hydrogen) atoms. The minimum Gasteiger partial charge on any atom is -0.494 e. The number of aliphatic carboxylic acids is 1. The average molecular weight is 559 g/mol. The summed E-state index contributed by atoms with van der Waals surface area (Å²) in [6, 6.07) is 15.7. The zero-order valence-electron chi connectivity index (χ0n) is 21.5. The van der Waals surface area contributed by atoms with Crippen molar-refractivity contribution in [1.29, 1.82) is 5.41 Å². The Bertz CT molecular complexity index is 1410. The molecule has 0 saturated carbocycles. The minimum absolute atomic E-state index is 0.0431. The number of nitrogens with one attached hydrogen (secondary N) is 1. The summed E-state index contributed by atoms with van der Waals surface area (Å²) >= 11 is 6.22. The topological polar surface area (TPSA) is 117 Å². The van der Waals surface area contributed by atoms with E-state index in [9.17, 15) is 18.3 Å². The van der Waals surface area contributed by atoms with Crippen LogP contribution >= 0.6 is 11.6 Å². The van der Waals surface area contributed by atoms with Crippen LogP contribution in [0.3, 0.4) is 0 Å². The van der Waals surface area contributed by atoms with Gasteiger partial charge >= 0.3 is 5.97 Å². The maximum Gasteiger partial charge on any atom is 0.305 e. The SMILES string of the molecule is CCOc1ccc(CCOc2cc(C)cc(N(C(C)CC(=O)O)S(=O)(=O)c3ccccc3Cl)c2)c(C=N)c1. The van der Waals surface area contributed by atoms with Gasteiger partial charge in [-0.3, -0.25) is 9.10 Å². The third-order valence-electron chi connectivity index (χ3n) is 5.76. The van der Waals surface area contributed by atoms with Gasteiger partial charge in [-0.1, -0.05) is 29.8 Å². The standard InChI is InChI=1S/C28H31ClN2O6S/c1-4-36-24-10-9-21(22(16-24)18-30)11-12-37-25-14-19(2)13-23(17-25)31(20(3)15-28(32)33)38(34,35)27-8-6-5-7-26(27)29/h5-10,13-14,16-18,20,30H,4,11-12,15H2,1-3H3,(H,32,33). The van der Waals surface area contributed by atoms with Crippen LogP contribution < -0.4 is 13.8 Å². The molecule has 0 radical (unpaired) electrons. The van der Waals surface area contributed by atoms with E-state index in [0.717, 1.165) is 21.0 Å². The third kappa shape index (κ3) is 7.05. The van der Waals surface area contributed by atoms with Crippen LogP contribution in [0.4, 0.5) is 5.69 Å². The molecule has 0 aromatic heterocycles. The van der Waals surface area contributed by atoms with Gasteiger partial charge in [0.05, 0.1) is 36.4 Å². The van der Waals surface area contributed by atoms with Crippen molar-refractivity contribution >= 4 is 39.5 Å². The predicted octanol–water partition coefficient (Wildman–Crippen LogP) is 5.72. The molecule has 8 nitrogen and oxygen atoms in total. The number of carbonyl (C=O) groups is 1. The van der Waals surface area contributed by atoms with Crippen molar-refractivity contribution in [3.05, 3.63) is 82.4 Å². The Labute approximate surface area is 228 Å². The molecule has 2 N–H and O–H groups in total. The Morgan fingerprint density at radius 2 is 1.84 bits per heavy atom. The van der Waals surface area contributed by atoms with Crippen molar-refractivity contribution in [3.8, 4) is 11.5 Å². The predicted molar refractivity (Wildman–Crippen MR) is 149 cm³/mol. The lowest BCUT2D eigenvalue weighted by atomic mass is 10.1. The van der Waals surface area contributed by atoms with Crippen molar-refractivity contribution in [2.24, 2.45) is 0 Å². The van der Waals surface area contributed by atoms with E-state index in [-0.39, 0.29) is 22.2 Å². The fraction of sp³-hybridized carbons (Fsp3) is 0.286. The zero-order valence-corrected chi connectivity index (χ0v) is 23.1. The zero-order chi connectivity index (χ0) is 27.9. The van der Waals surface area contributed by atoms with Crippen LogP contribution in [0, 0.1) is 12.3 Å². The number of rotatable bonds is 13. The molecule has 3 aromatic rings. The van der Waals surface area contributed by atoms with E-state index in [2.05, 4.69) is 0 Å². The van der Waals surface area contributed by atoms with Crippen LogP contribution in [-0.4, -0.2) is 45.0 Å². The number of aryl methyl sites for hydroxylation is 1. The fourth-order valence-electron chi connectivity index (χ4n) is 4.13. The fourth-order valence-corrected chi connectivity index (χ4v) is 6.27. The van der Waals surface area contributed by atoms with Crippen molar-refractivity contribution in [1.82, 2.24) is 0 Å². The molecule has 10 heteroatoms. The second-order valence-electron chi connectivity index (χ2n) is 8.72. The average Bonchev–Trinajstić information content (AvgIpc) is 2.84. The molecule has 0 saturated heterocycles. The van der Waals surface area contributed by atoms with E-state index in [1.54, 1.807) is 43.3 Å². The van der Waals surface area contributed by atoms with Gasteiger partial charge in [0, 0.05) is 18.7 Å². The second-order valence-corrected chi connectivity index (χ2v) is 10.9. The lowest BCUT2D eigenvalue weighted by Crippen LogP contribution is -2.40. The van der Waals surface area contributed by atoms with E-state index >= 15 is 0 Å². The summed E-state index contributed by atoms with van der Waals surface area (Å²) in [5.41, 5.74) is 2.65. The van der Waals surface area contributed by atoms with Crippen molar-refractivity contribution < 1.29 is 27.8 Å². The summed E-state index contributed by atoms with van der Waals surface area (Å²) in [6.07, 6.45) is 1.37. The summed E-state index contributed by atoms with van der Waals surface area (Å²) in [5, 5.41) is 17.2. The molecule has 0 spiro atoms. The van der Waals surface area contributed by atoms with Gasteiger partial charge in [-0.05, 0) is 73.9 Å². The molecule has 3 rings (SSSR count). The number of halogens is 1. The molecule has 0 heterocycles. The maximum atomic E-state index is 13.7.